The lowest BCUT2D eigenvalue weighted by molar-refractivity contribution is -0.135. The van der Waals surface area contributed by atoms with Crippen LogP contribution in [0.2, 0.25) is 0 Å². The van der Waals surface area contributed by atoms with Gasteiger partial charge in [0, 0.05) is 55.5 Å². The Kier molecular flexibility index (Phi) is 8.46. The van der Waals surface area contributed by atoms with Gasteiger partial charge in [-0.2, -0.15) is 5.10 Å². The number of hydrogen-bond donors (Lipinski definition) is 2. The molecule has 5 heterocycles. The minimum atomic E-state index is -0.960. The Hall–Kier alpha value is -5.59. The number of hydrogen-bond acceptors (Lipinski definition) is 8. The van der Waals surface area contributed by atoms with E-state index in [1.165, 1.54) is 16.8 Å². The van der Waals surface area contributed by atoms with Crippen molar-refractivity contribution < 1.29 is 9.59 Å². The molecular formula is C35H39N9O4. The van der Waals surface area contributed by atoms with Crippen molar-refractivity contribution in [3.05, 3.63) is 86.8 Å². The number of fused-ring (bicyclic) bond motifs is 1. The first-order valence-electron chi connectivity index (χ1n) is 16.0. The maximum Gasteiger partial charge on any atom is 0.337 e. The first-order chi connectivity index (χ1) is 22.9. The van der Waals surface area contributed by atoms with Crippen molar-refractivity contribution in [1.82, 2.24) is 33.8 Å². The van der Waals surface area contributed by atoms with Crippen LogP contribution in [0.25, 0.3) is 39.2 Å². The Morgan fingerprint density at radius 2 is 1.62 bits per heavy atom. The number of likely N-dealkylation sites (tertiary alicyclic amines) is 1. The molecule has 248 valence electrons. The van der Waals surface area contributed by atoms with Gasteiger partial charge in [-0.25, -0.2) is 14.3 Å². The van der Waals surface area contributed by atoms with Gasteiger partial charge >= 0.3 is 5.69 Å². The highest BCUT2D eigenvalue weighted by Gasteiger charge is 2.29. The second-order valence-corrected chi connectivity index (χ2v) is 12.8. The Bertz CT molecular complexity index is 2160. The molecule has 4 N–H and O–H groups in total. The zero-order valence-electron chi connectivity index (χ0n) is 27.7. The standard InChI is InChI=1S/C35H39N9O4/c1-19(2)33(46)42-16-13-21(14-17-42)24-18-25-27(31(36)40-41(25)5)29(39-24)22-9-11-23(12-10-22)30-28(32(37)45)34(47)44(26-8-6-7-15-38-26)35(48)43(30)20(3)4/h6-12,15,18-21H,13-14,16-17H2,1-5H3,(H2,36,40)(H2,37,45). The number of piperidine rings is 1. The van der Waals surface area contributed by atoms with Crippen LogP contribution in [0.15, 0.2) is 64.3 Å². The zero-order valence-corrected chi connectivity index (χ0v) is 27.7. The van der Waals surface area contributed by atoms with Gasteiger partial charge < -0.3 is 16.4 Å². The van der Waals surface area contributed by atoms with Crippen LogP contribution in [0.5, 0.6) is 0 Å². The molecule has 1 saturated heterocycles. The fourth-order valence-electron chi connectivity index (χ4n) is 6.59. The maximum absolute atomic E-state index is 13.8. The minimum absolute atomic E-state index is 0.0462. The Balaban J connectivity index is 1.46. The number of aryl methyl sites for hydroxylation is 1. The van der Waals surface area contributed by atoms with Crippen molar-refractivity contribution in [1.29, 1.82) is 0 Å². The van der Waals surface area contributed by atoms with Gasteiger partial charge in [-0.1, -0.05) is 44.2 Å². The molecular weight excluding hydrogens is 610 g/mol. The van der Waals surface area contributed by atoms with Gasteiger partial charge in [0.05, 0.1) is 22.3 Å². The molecule has 5 aromatic rings. The molecule has 13 heteroatoms. The molecule has 1 aliphatic rings. The highest BCUT2D eigenvalue weighted by atomic mass is 16.2. The molecule has 6 rings (SSSR count). The number of carbonyl (C=O) groups is 2. The molecule has 0 unspecified atom stereocenters. The smallest absolute Gasteiger partial charge is 0.337 e. The molecule has 0 spiro atoms. The summed E-state index contributed by atoms with van der Waals surface area (Å²) < 4.78 is 4.00. The topological polar surface area (TPSA) is 177 Å². The van der Waals surface area contributed by atoms with E-state index in [-0.39, 0.29) is 34.8 Å². The summed E-state index contributed by atoms with van der Waals surface area (Å²) >= 11 is 0. The van der Waals surface area contributed by atoms with Crippen LogP contribution >= 0.6 is 0 Å². The number of anilines is 1. The number of nitrogens with zero attached hydrogens (tertiary/aromatic N) is 7. The van der Waals surface area contributed by atoms with E-state index in [4.69, 9.17) is 16.5 Å². The van der Waals surface area contributed by atoms with Crippen molar-refractivity contribution in [2.45, 2.75) is 52.5 Å². The Morgan fingerprint density at radius 3 is 2.21 bits per heavy atom. The lowest BCUT2D eigenvalue weighted by atomic mass is 9.91. The first kappa shape index (κ1) is 32.4. The van der Waals surface area contributed by atoms with Gasteiger partial charge in [0.2, 0.25) is 5.91 Å². The summed E-state index contributed by atoms with van der Waals surface area (Å²) in [6.07, 6.45) is 3.04. The van der Waals surface area contributed by atoms with E-state index in [1.54, 1.807) is 42.8 Å². The second kappa shape index (κ2) is 12.5. The third kappa shape index (κ3) is 5.54. The molecule has 0 radical (unpaired) electrons. The number of aromatic nitrogens is 6. The highest BCUT2D eigenvalue weighted by Crippen LogP contribution is 2.37. The molecule has 0 saturated carbocycles. The van der Waals surface area contributed by atoms with Crippen molar-refractivity contribution in [3.63, 3.8) is 0 Å². The molecule has 1 fully saturated rings. The molecule has 4 aromatic heterocycles. The first-order valence-corrected chi connectivity index (χ1v) is 16.0. The number of benzene rings is 1. The number of nitrogen functional groups attached to an aromatic ring is 1. The number of carbonyl (C=O) groups excluding carboxylic acids is 2. The summed E-state index contributed by atoms with van der Waals surface area (Å²) in [5.41, 5.74) is 14.1. The normalized spacial score (nSPS) is 13.9. The fourth-order valence-corrected chi connectivity index (χ4v) is 6.59. The van der Waals surface area contributed by atoms with Crippen LogP contribution in [-0.4, -0.2) is 58.7 Å². The third-order valence-electron chi connectivity index (χ3n) is 8.96. The lowest BCUT2D eigenvalue weighted by Crippen LogP contribution is -2.44. The van der Waals surface area contributed by atoms with Crippen molar-refractivity contribution in [2.75, 3.05) is 18.8 Å². The summed E-state index contributed by atoms with van der Waals surface area (Å²) in [5.74, 6) is -0.274. The third-order valence-corrected chi connectivity index (χ3v) is 8.96. The van der Waals surface area contributed by atoms with Crippen LogP contribution in [0.1, 0.15) is 68.5 Å². The molecule has 13 nitrogen and oxygen atoms in total. The van der Waals surface area contributed by atoms with Gasteiger partial charge in [-0.3, -0.25) is 28.6 Å². The highest BCUT2D eigenvalue weighted by molar-refractivity contribution is 6.01. The largest absolute Gasteiger partial charge is 0.382 e. The average Bonchev–Trinajstić information content (AvgIpc) is 3.36. The summed E-state index contributed by atoms with van der Waals surface area (Å²) in [6.45, 7) is 8.74. The second-order valence-electron chi connectivity index (χ2n) is 12.8. The Labute approximate surface area is 276 Å². The van der Waals surface area contributed by atoms with Crippen LogP contribution in [0, 0.1) is 5.92 Å². The molecule has 0 bridgehead atoms. The number of pyridine rings is 2. The zero-order chi connectivity index (χ0) is 34.4. The molecule has 48 heavy (non-hydrogen) atoms. The minimum Gasteiger partial charge on any atom is -0.382 e. The lowest BCUT2D eigenvalue weighted by Gasteiger charge is -2.33. The van der Waals surface area contributed by atoms with E-state index in [1.807, 2.05) is 44.0 Å². The quantitative estimate of drug-likeness (QED) is 0.268. The van der Waals surface area contributed by atoms with Crippen molar-refractivity contribution >= 4 is 28.5 Å². The maximum atomic E-state index is 13.8. The molecule has 0 atom stereocenters. The summed E-state index contributed by atoms with van der Waals surface area (Å²) in [7, 11) is 1.84. The van der Waals surface area contributed by atoms with Crippen LogP contribution < -0.4 is 22.7 Å². The number of primary amides is 1. The monoisotopic (exact) mass is 649 g/mol. The van der Waals surface area contributed by atoms with E-state index in [2.05, 4.69) is 10.1 Å². The SMILES string of the molecule is CC(C)C(=O)N1CCC(c2cc3c(c(N)nn3C)c(-c3ccc(-c4c(C(N)=O)c(=O)n(-c5ccccn5)c(=O)n4C(C)C)cc3)n2)CC1. The Morgan fingerprint density at radius 1 is 0.958 bits per heavy atom. The van der Waals surface area contributed by atoms with E-state index < -0.39 is 23.2 Å². The summed E-state index contributed by atoms with van der Waals surface area (Å²) in [6, 6.07) is 13.5. The van der Waals surface area contributed by atoms with Gasteiger partial charge in [0.1, 0.15) is 11.4 Å². The van der Waals surface area contributed by atoms with Gasteiger partial charge in [0.25, 0.3) is 11.5 Å². The van der Waals surface area contributed by atoms with E-state index in [0.717, 1.165) is 34.2 Å². The average molecular weight is 650 g/mol. The number of rotatable bonds is 7. The van der Waals surface area contributed by atoms with Crippen molar-refractivity contribution in [2.24, 2.45) is 18.7 Å². The predicted molar refractivity (Wildman–Crippen MR) is 184 cm³/mol. The van der Waals surface area contributed by atoms with E-state index in [0.29, 0.717) is 35.6 Å². The predicted octanol–water partition coefficient (Wildman–Crippen LogP) is 3.63. The fraction of sp³-hybridized carbons (Fsp3) is 0.343. The van der Waals surface area contributed by atoms with E-state index >= 15 is 0 Å². The van der Waals surface area contributed by atoms with E-state index in [9.17, 15) is 19.2 Å². The van der Waals surface area contributed by atoms with Gasteiger partial charge in [-0.15, -0.1) is 0 Å². The molecule has 2 amide bonds. The van der Waals surface area contributed by atoms with Crippen LogP contribution in [0.3, 0.4) is 0 Å². The number of nitrogens with two attached hydrogens (primary N) is 2. The number of amides is 2. The summed E-state index contributed by atoms with van der Waals surface area (Å²) in [5, 5.41) is 5.17. The summed E-state index contributed by atoms with van der Waals surface area (Å²) in [4.78, 5) is 64.2. The molecule has 1 aromatic carbocycles. The van der Waals surface area contributed by atoms with Gasteiger partial charge in [0.15, 0.2) is 5.82 Å². The molecule has 1 aliphatic heterocycles. The van der Waals surface area contributed by atoms with Crippen LogP contribution in [-0.2, 0) is 11.8 Å². The van der Waals surface area contributed by atoms with Gasteiger partial charge in [-0.05, 0) is 50.5 Å². The molecule has 0 aliphatic carbocycles. The van der Waals surface area contributed by atoms with Crippen LogP contribution in [0.4, 0.5) is 5.82 Å². The van der Waals surface area contributed by atoms with Crippen molar-refractivity contribution in [3.8, 4) is 28.3 Å².